The lowest BCUT2D eigenvalue weighted by molar-refractivity contribution is -0.133. The Bertz CT molecular complexity index is 945. The molecule has 1 aromatic rings. The van der Waals surface area contributed by atoms with Crippen molar-refractivity contribution in [2.24, 2.45) is 0 Å². The molecular formula is C20H25FN2O4S2. The molecule has 1 unspecified atom stereocenters. The Labute approximate surface area is 175 Å². The molecule has 1 atom stereocenters. The summed E-state index contributed by atoms with van der Waals surface area (Å²) < 4.78 is 37.5. The van der Waals surface area contributed by atoms with Crippen molar-refractivity contribution in [1.29, 1.82) is 0 Å². The molecule has 0 aliphatic carbocycles. The Kier molecular flexibility index (Phi) is 6.58. The summed E-state index contributed by atoms with van der Waals surface area (Å²) in [6.07, 6.45) is 1.81. The topological polar surface area (TPSA) is 77.9 Å². The predicted molar refractivity (Wildman–Crippen MR) is 113 cm³/mol. The predicted octanol–water partition coefficient (Wildman–Crippen LogP) is 2.69. The van der Waals surface area contributed by atoms with E-state index in [0.29, 0.717) is 36.5 Å². The van der Waals surface area contributed by atoms with Crippen LogP contribution in [0.4, 0.5) is 4.39 Å². The third-order valence-electron chi connectivity index (χ3n) is 5.06. The molecule has 1 saturated heterocycles. The second-order valence-electron chi connectivity index (χ2n) is 7.11. The summed E-state index contributed by atoms with van der Waals surface area (Å²) in [6.45, 7) is 4.77. The number of sulfone groups is 1. The Morgan fingerprint density at radius 3 is 2.59 bits per heavy atom. The van der Waals surface area contributed by atoms with Crippen LogP contribution in [0.25, 0.3) is 0 Å². The fourth-order valence-corrected chi connectivity index (χ4v) is 5.97. The van der Waals surface area contributed by atoms with Gasteiger partial charge in [0.2, 0.25) is 0 Å². The van der Waals surface area contributed by atoms with Gasteiger partial charge in [0.15, 0.2) is 9.84 Å². The summed E-state index contributed by atoms with van der Waals surface area (Å²) >= 11 is 1.50. The van der Waals surface area contributed by atoms with Gasteiger partial charge in [0.1, 0.15) is 17.0 Å². The van der Waals surface area contributed by atoms with E-state index in [4.69, 9.17) is 0 Å². The van der Waals surface area contributed by atoms with Crippen LogP contribution in [0.15, 0.2) is 47.3 Å². The summed E-state index contributed by atoms with van der Waals surface area (Å²) in [5.41, 5.74) is 1.69. The van der Waals surface area contributed by atoms with Gasteiger partial charge in [-0.1, -0.05) is 19.1 Å². The van der Waals surface area contributed by atoms with Crippen LogP contribution in [-0.2, 0) is 21.2 Å². The van der Waals surface area contributed by atoms with Crippen molar-refractivity contribution in [2.75, 3.05) is 30.3 Å². The number of carbonyl (C=O) groups is 1. The number of thioether (sulfide) groups is 1. The van der Waals surface area contributed by atoms with Gasteiger partial charge in [-0.05, 0) is 42.0 Å². The molecule has 1 fully saturated rings. The quantitative estimate of drug-likeness (QED) is 0.729. The van der Waals surface area contributed by atoms with Crippen LogP contribution in [-0.4, -0.2) is 65.0 Å². The van der Waals surface area contributed by atoms with Crippen LogP contribution in [0.1, 0.15) is 19.4 Å². The second kappa shape index (κ2) is 8.79. The number of carboxylic acid groups (broad SMARTS) is 1. The lowest BCUT2D eigenvalue weighted by Gasteiger charge is -2.44. The molecule has 2 aliphatic rings. The first-order chi connectivity index (χ1) is 13.7. The van der Waals surface area contributed by atoms with Gasteiger partial charge < -0.3 is 14.9 Å². The minimum atomic E-state index is -3.05. The Balaban J connectivity index is 2.02. The standard InChI is InChI=1S/C20H25FN2O4S2/c1-3-28-19-18(20(24)25)14(2)11-17(22-7-9-29(26,27)10-8-22)23(19)13-15-5-4-6-16(21)12-15/h4-6,11-12,19H,3,7-10,13H2,1-2H3,(H,24,25). The fraction of sp³-hybridized carbons (Fsp3) is 0.450. The first-order valence-electron chi connectivity index (χ1n) is 9.45. The zero-order chi connectivity index (χ0) is 21.2. The van der Waals surface area contributed by atoms with E-state index < -0.39 is 21.2 Å². The molecule has 0 bridgehead atoms. The highest BCUT2D eigenvalue weighted by Crippen LogP contribution is 2.36. The normalized spacial score (nSPS) is 21.9. The van der Waals surface area contributed by atoms with Crippen molar-refractivity contribution in [3.63, 3.8) is 0 Å². The molecule has 3 rings (SSSR count). The number of hydrogen-bond donors (Lipinski definition) is 1. The highest BCUT2D eigenvalue weighted by atomic mass is 32.2. The maximum Gasteiger partial charge on any atom is 0.334 e. The second-order valence-corrected chi connectivity index (χ2v) is 10.8. The molecule has 9 heteroatoms. The molecule has 6 nitrogen and oxygen atoms in total. The molecule has 0 amide bonds. The van der Waals surface area contributed by atoms with Crippen molar-refractivity contribution in [2.45, 2.75) is 25.8 Å². The average molecular weight is 441 g/mol. The Hall–Kier alpha value is -2.00. The summed E-state index contributed by atoms with van der Waals surface area (Å²) in [7, 11) is -3.05. The molecular weight excluding hydrogens is 415 g/mol. The largest absolute Gasteiger partial charge is 0.478 e. The van der Waals surface area contributed by atoms with Gasteiger partial charge >= 0.3 is 5.97 Å². The van der Waals surface area contributed by atoms with Crippen LogP contribution < -0.4 is 0 Å². The SMILES string of the molecule is CCSC1C(C(=O)O)=C(C)C=C(N2CCS(=O)(=O)CC2)N1Cc1cccc(F)c1. The third kappa shape index (κ3) is 4.95. The number of nitrogens with zero attached hydrogens (tertiary/aromatic N) is 2. The Morgan fingerprint density at radius 2 is 2.00 bits per heavy atom. The van der Waals surface area contributed by atoms with E-state index >= 15 is 0 Å². The van der Waals surface area contributed by atoms with Crippen molar-refractivity contribution in [3.05, 3.63) is 58.7 Å². The van der Waals surface area contributed by atoms with E-state index in [0.717, 1.165) is 11.4 Å². The number of halogens is 1. The molecule has 0 aromatic heterocycles. The molecule has 0 spiro atoms. The number of hydrogen-bond acceptors (Lipinski definition) is 6. The summed E-state index contributed by atoms with van der Waals surface area (Å²) in [4.78, 5) is 15.9. The molecule has 158 valence electrons. The van der Waals surface area contributed by atoms with Gasteiger partial charge in [0, 0.05) is 19.6 Å². The van der Waals surface area contributed by atoms with Gasteiger partial charge in [-0.15, -0.1) is 11.8 Å². The van der Waals surface area contributed by atoms with E-state index in [1.54, 1.807) is 19.1 Å². The zero-order valence-electron chi connectivity index (χ0n) is 16.5. The zero-order valence-corrected chi connectivity index (χ0v) is 18.1. The third-order valence-corrected chi connectivity index (χ3v) is 7.81. The van der Waals surface area contributed by atoms with Crippen LogP contribution in [0.3, 0.4) is 0 Å². The highest BCUT2D eigenvalue weighted by molar-refractivity contribution is 8.00. The van der Waals surface area contributed by atoms with Crippen LogP contribution in [0.5, 0.6) is 0 Å². The van der Waals surface area contributed by atoms with Gasteiger partial charge in [-0.2, -0.15) is 0 Å². The van der Waals surface area contributed by atoms with Gasteiger partial charge in [-0.25, -0.2) is 17.6 Å². The Morgan fingerprint density at radius 1 is 1.31 bits per heavy atom. The number of aliphatic carboxylic acids is 1. The summed E-state index contributed by atoms with van der Waals surface area (Å²) in [5.74, 6) is 0.304. The van der Waals surface area contributed by atoms with Gasteiger partial charge in [0.25, 0.3) is 0 Å². The molecule has 2 aliphatic heterocycles. The van der Waals surface area contributed by atoms with E-state index in [2.05, 4.69) is 0 Å². The van der Waals surface area contributed by atoms with Crippen molar-refractivity contribution < 1.29 is 22.7 Å². The van der Waals surface area contributed by atoms with E-state index in [1.807, 2.05) is 22.8 Å². The maximum absolute atomic E-state index is 13.8. The highest BCUT2D eigenvalue weighted by Gasteiger charge is 2.36. The van der Waals surface area contributed by atoms with E-state index in [1.165, 1.54) is 23.9 Å². The van der Waals surface area contributed by atoms with Crippen LogP contribution in [0.2, 0.25) is 0 Å². The molecule has 2 heterocycles. The minimum Gasteiger partial charge on any atom is -0.478 e. The number of allylic oxidation sites excluding steroid dienone is 2. The van der Waals surface area contributed by atoms with Crippen molar-refractivity contribution >= 4 is 27.6 Å². The smallest absolute Gasteiger partial charge is 0.334 e. The van der Waals surface area contributed by atoms with Crippen LogP contribution in [0, 0.1) is 5.82 Å². The first kappa shape index (κ1) is 21.7. The van der Waals surface area contributed by atoms with E-state index in [9.17, 15) is 22.7 Å². The van der Waals surface area contributed by atoms with Crippen molar-refractivity contribution in [3.8, 4) is 0 Å². The van der Waals surface area contributed by atoms with Crippen LogP contribution >= 0.6 is 11.8 Å². The summed E-state index contributed by atoms with van der Waals surface area (Å²) in [6, 6.07) is 6.25. The lowest BCUT2D eigenvalue weighted by Crippen LogP contribution is -2.48. The lowest BCUT2D eigenvalue weighted by atomic mass is 10.0. The number of rotatable bonds is 6. The molecule has 0 radical (unpaired) electrons. The number of carboxylic acids is 1. The van der Waals surface area contributed by atoms with E-state index in [-0.39, 0.29) is 17.3 Å². The first-order valence-corrected chi connectivity index (χ1v) is 12.3. The monoisotopic (exact) mass is 440 g/mol. The molecule has 29 heavy (non-hydrogen) atoms. The maximum atomic E-state index is 13.8. The molecule has 1 N–H and O–H groups in total. The average Bonchev–Trinajstić information content (AvgIpc) is 2.64. The number of benzene rings is 1. The fourth-order valence-electron chi connectivity index (χ4n) is 3.64. The summed E-state index contributed by atoms with van der Waals surface area (Å²) in [5, 5.41) is 9.37. The van der Waals surface area contributed by atoms with Gasteiger partial charge in [-0.3, -0.25) is 0 Å². The van der Waals surface area contributed by atoms with Crippen molar-refractivity contribution in [1.82, 2.24) is 9.80 Å². The molecule has 1 aromatic carbocycles. The molecule has 0 saturated carbocycles. The van der Waals surface area contributed by atoms with Gasteiger partial charge in [0.05, 0.1) is 17.1 Å². The minimum absolute atomic E-state index is 0.0677.